The highest BCUT2D eigenvalue weighted by atomic mass is 32.1. The third kappa shape index (κ3) is 2.02. The Morgan fingerprint density at radius 2 is 1.94 bits per heavy atom. The van der Waals surface area contributed by atoms with E-state index in [1.807, 2.05) is 6.92 Å². The molecule has 10 heteroatoms. The number of aromatic nitrogens is 2. The fourth-order valence-electron chi connectivity index (χ4n) is 1.57. The van der Waals surface area contributed by atoms with Crippen molar-refractivity contribution in [2.75, 3.05) is 0 Å². The number of aryl methyl sites for hydroxylation is 2. The van der Waals surface area contributed by atoms with Crippen molar-refractivity contribution in [1.29, 1.82) is 0 Å². The van der Waals surface area contributed by atoms with E-state index in [0.29, 0.717) is 5.88 Å². The van der Waals surface area contributed by atoms with E-state index in [1.165, 1.54) is 16.5 Å². The summed E-state index contributed by atoms with van der Waals surface area (Å²) in [6.45, 7) is 4.08. The fourth-order valence-corrected chi connectivity index (χ4v) is 2.56. The number of nitrogens with zero attached hydrogens (tertiary/aromatic N) is 3. The molecule has 2 aromatic heterocycles. The van der Waals surface area contributed by atoms with Gasteiger partial charge in [0.1, 0.15) is 11.2 Å². The van der Waals surface area contributed by atoms with Crippen molar-refractivity contribution in [1.82, 2.24) is 42.9 Å². The van der Waals surface area contributed by atoms with Crippen molar-refractivity contribution >= 4 is 21.6 Å². The molecule has 0 unspecified atom stereocenters. The number of rotatable bonds is 2. The highest BCUT2D eigenvalue weighted by Crippen LogP contribution is 2.33. The largest absolute Gasteiger partial charge is 0.352 e. The lowest BCUT2D eigenvalue weighted by atomic mass is 10.2. The van der Waals surface area contributed by atoms with Crippen LogP contribution < -0.4 is 32.5 Å². The number of hydrogen-bond donors (Lipinski definition) is 5. The molecule has 1 fully saturated rings. The predicted molar refractivity (Wildman–Crippen MR) is 65.0 cm³/mol. The first-order valence-electron chi connectivity index (χ1n) is 5.21. The molecule has 18 heavy (non-hydrogen) atoms. The first-order chi connectivity index (χ1) is 8.75. The Kier molecular flexibility index (Phi) is 3.05. The van der Waals surface area contributed by atoms with Crippen molar-refractivity contribution in [2.45, 2.75) is 13.8 Å². The Bertz CT molecular complexity index is 565. The second kappa shape index (κ2) is 4.70. The van der Waals surface area contributed by atoms with Gasteiger partial charge in [-0.2, -0.15) is 21.6 Å². The highest BCUT2D eigenvalue weighted by molar-refractivity contribution is 7.18. The average molecular weight is 268 g/mol. The Hall–Kier alpha value is -1.40. The minimum absolute atomic E-state index is 0.479. The maximum Gasteiger partial charge on any atom is 0.254 e. The van der Waals surface area contributed by atoms with E-state index in [4.69, 9.17) is 4.84 Å². The van der Waals surface area contributed by atoms with E-state index < -0.39 is 0 Å². The summed E-state index contributed by atoms with van der Waals surface area (Å²) in [4.78, 5) is 16.1. The molecule has 96 valence electrons. The molecule has 1 aliphatic rings. The number of thiophene rings is 1. The van der Waals surface area contributed by atoms with Crippen molar-refractivity contribution < 1.29 is 4.84 Å². The lowest BCUT2D eigenvalue weighted by molar-refractivity contribution is -0.209. The maximum absolute atomic E-state index is 5.56. The second-order valence-electron chi connectivity index (χ2n) is 3.63. The van der Waals surface area contributed by atoms with E-state index in [2.05, 4.69) is 44.6 Å². The topological polar surface area (TPSA) is 98.4 Å². The van der Waals surface area contributed by atoms with Gasteiger partial charge in [-0.05, 0) is 19.4 Å². The van der Waals surface area contributed by atoms with Crippen molar-refractivity contribution in [3.63, 3.8) is 0 Å². The number of fused-ring (bicyclic) bond motifs is 1. The van der Waals surface area contributed by atoms with E-state index in [9.17, 15) is 0 Å². The van der Waals surface area contributed by atoms with Crippen molar-refractivity contribution in [2.24, 2.45) is 0 Å². The van der Waals surface area contributed by atoms with Gasteiger partial charge >= 0.3 is 0 Å². The molecule has 0 spiro atoms. The zero-order valence-corrected chi connectivity index (χ0v) is 10.6. The molecule has 5 N–H and O–H groups in total. The van der Waals surface area contributed by atoms with Gasteiger partial charge in [-0.15, -0.1) is 22.4 Å². The second-order valence-corrected chi connectivity index (χ2v) is 4.83. The van der Waals surface area contributed by atoms with Crippen LogP contribution in [0.1, 0.15) is 10.4 Å². The molecule has 3 rings (SSSR count). The summed E-state index contributed by atoms with van der Waals surface area (Å²) in [6.07, 6.45) is 1.48. The van der Waals surface area contributed by atoms with Crippen molar-refractivity contribution in [3.8, 4) is 5.88 Å². The summed E-state index contributed by atoms with van der Waals surface area (Å²) in [5.74, 6) is 0.479. The summed E-state index contributed by atoms with van der Waals surface area (Å²) in [5.41, 5.74) is 14.3. The molecule has 0 bridgehead atoms. The molecule has 0 aliphatic carbocycles. The van der Waals surface area contributed by atoms with Gasteiger partial charge in [-0.25, -0.2) is 4.98 Å². The SMILES string of the molecule is Cc1sc2ncnc(ON3NNNNN3)c2c1C. The summed E-state index contributed by atoms with van der Waals surface area (Å²) < 4.78 is 0. The zero-order valence-electron chi connectivity index (χ0n) is 9.74. The molecule has 0 saturated carbocycles. The van der Waals surface area contributed by atoms with Gasteiger partial charge in [-0.1, -0.05) is 0 Å². The first-order valence-corrected chi connectivity index (χ1v) is 6.02. The zero-order chi connectivity index (χ0) is 12.5. The minimum Gasteiger partial charge on any atom is -0.352 e. The van der Waals surface area contributed by atoms with Gasteiger partial charge < -0.3 is 4.84 Å². The standard InChI is InChI=1S/C8H12N8OS/c1-4-5(2)18-8-6(4)7(9-3-10-8)17-16-14-12-11-13-15-16/h3,11-15H,1-2H3. The van der Waals surface area contributed by atoms with Gasteiger partial charge in [0.25, 0.3) is 5.88 Å². The molecular formula is C8H12N8OS. The minimum atomic E-state index is 0.479. The first kappa shape index (κ1) is 11.7. The van der Waals surface area contributed by atoms with Gasteiger partial charge in [0.15, 0.2) is 0 Å². The van der Waals surface area contributed by atoms with Crippen LogP contribution in [0.25, 0.3) is 10.2 Å². The van der Waals surface area contributed by atoms with E-state index in [1.54, 1.807) is 11.3 Å². The summed E-state index contributed by atoms with van der Waals surface area (Å²) >= 11 is 1.62. The van der Waals surface area contributed by atoms with Crippen LogP contribution in [-0.4, -0.2) is 15.2 Å². The molecule has 3 heterocycles. The highest BCUT2D eigenvalue weighted by Gasteiger charge is 2.17. The smallest absolute Gasteiger partial charge is 0.254 e. The third-order valence-corrected chi connectivity index (χ3v) is 3.66. The van der Waals surface area contributed by atoms with E-state index in [0.717, 1.165) is 15.8 Å². The van der Waals surface area contributed by atoms with Crippen molar-refractivity contribution in [3.05, 3.63) is 16.8 Å². The number of hydrogen-bond acceptors (Lipinski definition) is 10. The Morgan fingerprint density at radius 1 is 1.17 bits per heavy atom. The lowest BCUT2D eigenvalue weighted by Gasteiger charge is -2.27. The summed E-state index contributed by atoms with van der Waals surface area (Å²) in [7, 11) is 0. The average Bonchev–Trinajstić information content (AvgIpc) is 2.67. The van der Waals surface area contributed by atoms with Crippen LogP contribution in [0.5, 0.6) is 5.88 Å². The molecule has 0 atom stereocenters. The van der Waals surface area contributed by atoms with Crippen LogP contribution in [0.2, 0.25) is 0 Å². The van der Waals surface area contributed by atoms with E-state index >= 15 is 0 Å². The van der Waals surface area contributed by atoms with Crippen LogP contribution in [-0.2, 0) is 0 Å². The quantitative estimate of drug-likeness (QED) is 0.487. The molecule has 0 aromatic carbocycles. The maximum atomic E-state index is 5.56. The van der Waals surface area contributed by atoms with Crippen LogP contribution in [0, 0.1) is 13.8 Å². The monoisotopic (exact) mass is 268 g/mol. The normalized spacial score (nSPS) is 17.2. The molecule has 0 amide bonds. The van der Waals surface area contributed by atoms with Gasteiger partial charge in [0, 0.05) is 10.2 Å². The third-order valence-electron chi connectivity index (χ3n) is 2.55. The van der Waals surface area contributed by atoms with Gasteiger partial charge in [-0.3, -0.25) is 0 Å². The lowest BCUT2D eigenvalue weighted by Crippen LogP contribution is -2.73. The van der Waals surface area contributed by atoms with Crippen LogP contribution in [0.15, 0.2) is 6.33 Å². The van der Waals surface area contributed by atoms with Crippen LogP contribution in [0.4, 0.5) is 0 Å². The molecule has 2 aromatic rings. The molecule has 9 nitrogen and oxygen atoms in total. The van der Waals surface area contributed by atoms with E-state index in [-0.39, 0.29) is 0 Å². The summed E-state index contributed by atoms with van der Waals surface area (Å²) in [5, 5.41) is 2.16. The Labute approximate surface area is 106 Å². The molecule has 1 saturated heterocycles. The van der Waals surface area contributed by atoms with Gasteiger partial charge in [0.05, 0.1) is 5.39 Å². The number of nitrogens with one attached hydrogen (secondary N) is 5. The molecular weight excluding hydrogens is 256 g/mol. The van der Waals surface area contributed by atoms with Crippen LogP contribution in [0.3, 0.4) is 0 Å². The number of hydrazine groups is 6. The Morgan fingerprint density at radius 3 is 2.72 bits per heavy atom. The Balaban J connectivity index is 1.95. The molecule has 0 radical (unpaired) electrons. The van der Waals surface area contributed by atoms with Gasteiger partial charge in [0.2, 0.25) is 0 Å². The fraction of sp³-hybridized carbons (Fsp3) is 0.250. The van der Waals surface area contributed by atoms with Crippen LogP contribution >= 0.6 is 11.3 Å². The summed E-state index contributed by atoms with van der Waals surface area (Å²) in [6, 6.07) is 0. The molecule has 1 aliphatic heterocycles. The predicted octanol–water partition coefficient (Wildman–Crippen LogP) is -0.644.